The highest BCUT2D eigenvalue weighted by atomic mass is 19.1. The average molecular weight is 298 g/mol. The number of aliphatic hydroxyl groups excluding tert-OH is 1. The highest BCUT2D eigenvalue weighted by Gasteiger charge is 2.27. The SMILES string of the molecule is CN(C(=O)Nc1c(F)cccc1F)C1CCC(CO)CC1. The molecule has 0 atom stereocenters. The van der Waals surface area contributed by atoms with Crippen molar-refractivity contribution >= 4 is 11.7 Å². The molecule has 1 aromatic carbocycles. The normalized spacial score (nSPS) is 21.9. The van der Waals surface area contributed by atoms with Crippen molar-refractivity contribution in [1.82, 2.24) is 4.90 Å². The van der Waals surface area contributed by atoms with Crippen LogP contribution in [0.5, 0.6) is 0 Å². The van der Waals surface area contributed by atoms with Crippen molar-refractivity contribution in [3.63, 3.8) is 0 Å². The van der Waals surface area contributed by atoms with Crippen LogP contribution in [0.3, 0.4) is 0 Å². The number of aliphatic hydroxyl groups is 1. The van der Waals surface area contributed by atoms with Gasteiger partial charge in [0.25, 0.3) is 0 Å². The summed E-state index contributed by atoms with van der Waals surface area (Å²) in [4.78, 5) is 13.6. The smallest absolute Gasteiger partial charge is 0.321 e. The number of hydrogen-bond acceptors (Lipinski definition) is 2. The lowest BCUT2D eigenvalue weighted by Gasteiger charge is -2.34. The molecule has 6 heteroatoms. The zero-order valence-corrected chi connectivity index (χ0v) is 12.0. The minimum absolute atomic E-state index is 0.0302. The quantitative estimate of drug-likeness (QED) is 0.901. The molecule has 2 rings (SSSR count). The van der Waals surface area contributed by atoms with E-state index in [1.807, 2.05) is 0 Å². The highest BCUT2D eigenvalue weighted by molar-refractivity contribution is 5.89. The van der Waals surface area contributed by atoms with Gasteiger partial charge in [0, 0.05) is 19.7 Å². The molecular formula is C15H20F2N2O2. The Bertz CT molecular complexity index is 482. The van der Waals surface area contributed by atoms with E-state index in [0.29, 0.717) is 5.92 Å². The molecule has 1 aromatic rings. The van der Waals surface area contributed by atoms with E-state index in [0.717, 1.165) is 37.8 Å². The molecule has 0 bridgehead atoms. The molecule has 0 aromatic heterocycles. The summed E-state index contributed by atoms with van der Waals surface area (Å²) < 4.78 is 27.0. The number of hydrogen-bond donors (Lipinski definition) is 2. The Morgan fingerprint density at radius 2 is 1.86 bits per heavy atom. The zero-order chi connectivity index (χ0) is 15.4. The number of carbonyl (C=O) groups excluding carboxylic acids is 1. The van der Waals surface area contributed by atoms with E-state index < -0.39 is 23.4 Å². The summed E-state index contributed by atoms with van der Waals surface area (Å²) in [5.74, 6) is -1.29. The topological polar surface area (TPSA) is 52.6 Å². The summed E-state index contributed by atoms with van der Waals surface area (Å²) >= 11 is 0. The largest absolute Gasteiger partial charge is 0.396 e. The van der Waals surface area contributed by atoms with Crippen molar-refractivity contribution in [2.75, 3.05) is 19.0 Å². The molecule has 21 heavy (non-hydrogen) atoms. The molecular weight excluding hydrogens is 278 g/mol. The standard InChI is InChI=1S/C15H20F2N2O2/c1-19(11-7-5-10(9-20)6-8-11)15(21)18-14-12(16)3-2-4-13(14)17/h2-4,10-11,20H,5-9H2,1H3,(H,18,21). The van der Waals surface area contributed by atoms with Crippen molar-refractivity contribution in [2.24, 2.45) is 5.92 Å². The van der Waals surface area contributed by atoms with Gasteiger partial charge in [-0.1, -0.05) is 6.07 Å². The molecule has 1 fully saturated rings. The third kappa shape index (κ3) is 3.69. The Labute approximate surface area is 122 Å². The van der Waals surface area contributed by atoms with Gasteiger partial charge in [0.2, 0.25) is 0 Å². The first-order valence-corrected chi connectivity index (χ1v) is 7.11. The van der Waals surface area contributed by atoms with Crippen LogP contribution in [0.1, 0.15) is 25.7 Å². The molecule has 0 aliphatic heterocycles. The number of nitrogens with one attached hydrogen (secondary N) is 1. The van der Waals surface area contributed by atoms with E-state index in [1.165, 1.54) is 11.0 Å². The van der Waals surface area contributed by atoms with Crippen LogP contribution in [0, 0.1) is 17.6 Å². The predicted octanol–water partition coefficient (Wildman–Crippen LogP) is 2.98. The summed E-state index contributed by atoms with van der Waals surface area (Å²) in [7, 11) is 1.62. The summed E-state index contributed by atoms with van der Waals surface area (Å²) in [6.45, 7) is 0.170. The molecule has 0 spiro atoms. The molecule has 0 unspecified atom stereocenters. The van der Waals surface area contributed by atoms with E-state index in [-0.39, 0.29) is 12.6 Å². The molecule has 0 saturated heterocycles. The minimum Gasteiger partial charge on any atom is -0.396 e. The van der Waals surface area contributed by atoms with Gasteiger partial charge in [-0.3, -0.25) is 0 Å². The maximum absolute atomic E-state index is 13.5. The van der Waals surface area contributed by atoms with Gasteiger partial charge in [-0.15, -0.1) is 0 Å². The summed E-state index contributed by atoms with van der Waals surface area (Å²) in [6.07, 6.45) is 3.28. The van der Waals surface area contributed by atoms with Crippen molar-refractivity contribution in [1.29, 1.82) is 0 Å². The lowest BCUT2D eigenvalue weighted by Crippen LogP contribution is -2.42. The predicted molar refractivity (Wildman–Crippen MR) is 76.0 cm³/mol. The van der Waals surface area contributed by atoms with Crippen LogP contribution in [0.4, 0.5) is 19.3 Å². The van der Waals surface area contributed by atoms with Crippen molar-refractivity contribution in [3.05, 3.63) is 29.8 Å². The van der Waals surface area contributed by atoms with Gasteiger partial charge in [-0.25, -0.2) is 13.6 Å². The third-order valence-electron chi connectivity index (χ3n) is 4.14. The van der Waals surface area contributed by atoms with Crippen molar-refractivity contribution in [3.8, 4) is 0 Å². The molecule has 0 heterocycles. The fourth-order valence-corrected chi connectivity index (χ4v) is 2.69. The Kier molecular flexibility index (Phi) is 5.12. The maximum Gasteiger partial charge on any atom is 0.321 e. The van der Waals surface area contributed by atoms with Crippen molar-refractivity contribution in [2.45, 2.75) is 31.7 Å². The number of halogens is 2. The molecule has 1 aliphatic carbocycles. The Balaban J connectivity index is 1.97. The second-order valence-corrected chi connectivity index (χ2v) is 5.49. The van der Waals surface area contributed by atoms with Gasteiger partial charge in [0.1, 0.15) is 17.3 Å². The number of carbonyl (C=O) groups is 1. The average Bonchev–Trinajstić information content (AvgIpc) is 2.50. The highest BCUT2D eigenvalue weighted by Crippen LogP contribution is 2.27. The van der Waals surface area contributed by atoms with Crippen LogP contribution < -0.4 is 5.32 Å². The maximum atomic E-state index is 13.5. The molecule has 4 nitrogen and oxygen atoms in total. The lowest BCUT2D eigenvalue weighted by atomic mass is 9.86. The third-order valence-corrected chi connectivity index (χ3v) is 4.14. The summed E-state index contributed by atoms with van der Waals surface area (Å²) in [5, 5.41) is 11.4. The van der Waals surface area contributed by atoms with Gasteiger partial charge in [-0.2, -0.15) is 0 Å². The second-order valence-electron chi connectivity index (χ2n) is 5.49. The zero-order valence-electron chi connectivity index (χ0n) is 12.0. The first-order chi connectivity index (χ1) is 10.0. The molecule has 2 amide bonds. The van der Waals surface area contributed by atoms with Gasteiger partial charge in [0.15, 0.2) is 0 Å². The fourth-order valence-electron chi connectivity index (χ4n) is 2.69. The molecule has 2 N–H and O–H groups in total. The van der Waals surface area contributed by atoms with E-state index in [4.69, 9.17) is 5.11 Å². The lowest BCUT2D eigenvalue weighted by molar-refractivity contribution is 0.139. The van der Waals surface area contributed by atoms with E-state index >= 15 is 0 Å². The molecule has 0 radical (unpaired) electrons. The monoisotopic (exact) mass is 298 g/mol. The summed E-state index contributed by atoms with van der Waals surface area (Å²) in [6, 6.07) is 2.96. The first-order valence-electron chi connectivity index (χ1n) is 7.11. The molecule has 1 saturated carbocycles. The second kappa shape index (κ2) is 6.85. The number of para-hydroxylation sites is 1. The Morgan fingerprint density at radius 1 is 1.29 bits per heavy atom. The van der Waals surface area contributed by atoms with Gasteiger partial charge in [-0.05, 0) is 43.7 Å². The number of rotatable bonds is 3. The number of amides is 2. The van der Waals surface area contributed by atoms with Crippen molar-refractivity contribution < 1.29 is 18.7 Å². The Morgan fingerprint density at radius 3 is 2.38 bits per heavy atom. The van der Waals surface area contributed by atoms with Gasteiger partial charge in [0.05, 0.1) is 0 Å². The van der Waals surface area contributed by atoms with Crippen LogP contribution in [0.2, 0.25) is 0 Å². The molecule has 1 aliphatic rings. The van der Waals surface area contributed by atoms with E-state index in [9.17, 15) is 13.6 Å². The Hall–Kier alpha value is -1.69. The number of urea groups is 1. The van der Waals surface area contributed by atoms with Crippen LogP contribution in [0.25, 0.3) is 0 Å². The molecule has 116 valence electrons. The van der Waals surface area contributed by atoms with Crippen LogP contribution in [-0.2, 0) is 0 Å². The number of nitrogens with zero attached hydrogens (tertiary/aromatic N) is 1. The minimum atomic E-state index is -0.791. The fraction of sp³-hybridized carbons (Fsp3) is 0.533. The number of anilines is 1. The van der Waals surface area contributed by atoms with Gasteiger partial charge >= 0.3 is 6.03 Å². The summed E-state index contributed by atoms with van der Waals surface area (Å²) in [5.41, 5.74) is -0.418. The first kappa shape index (κ1) is 15.7. The number of benzene rings is 1. The van der Waals surface area contributed by atoms with Crippen LogP contribution in [-0.4, -0.2) is 35.7 Å². The van der Waals surface area contributed by atoms with Crippen LogP contribution >= 0.6 is 0 Å². The van der Waals surface area contributed by atoms with Gasteiger partial charge < -0.3 is 15.3 Å². The van der Waals surface area contributed by atoms with E-state index in [1.54, 1.807) is 7.05 Å². The van der Waals surface area contributed by atoms with Crippen LogP contribution in [0.15, 0.2) is 18.2 Å². The van der Waals surface area contributed by atoms with E-state index in [2.05, 4.69) is 5.32 Å².